The van der Waals surface area contributed by atoms with Crippen LogP contribution >= 0.6 is 0 Å². The summed E-state index contributed by atoms with van der Waals surface area (Å²) in [6.45, 7) is 8.92. The Balaban J connectivity index is 1.54. The van der Waals surface area contributed by atoms with Gasteiger partial charge in [0, 0.05) is 18.3 Å². The van der Waals surface area contributed by atoms with Crippen molar-refractivity contribution in [3.05, 3.63) is 48.0 Å². The maximum atomic E-state index is 6.08. The highest BCUT2D eigenvalue weighted by molar-refractivity contribution is 5.65. The van der Waals surface area contributed by atoms with Gasteiger partial charge in [0.1, 0.15) is 17.1 Å². The van der Waals surface area contributed by atoms with Crippen molar-refractivity contribution in [1.82, 2.24) is 0 Å². The van der Waals surface area contributed by atoms with Gasteiger partial charge in [-0.2, -0.15) is 0 Å². The van der Waals surface area contributed by atoms with Crippen LogP contribution in [-0.2, 0) is 0 Å². The number of nitrogens with two attached hydrogens (primary N) is 1. The summed E-state index contributed by atoms with van der Waals surface area (Å²) in [4.78, 5) is 2.39. The maximum Gasteiger partial charge on any atom is 0.145 e. The molecule has 25 heavy (non-hydrogen) atoms. The first-order valence-corrected chi connectivity index (χ1v) is 8.96. The summed E-state index contributed by atoms with van der Waals surface area (Å²) in [7, 11) is 0. The van der Waals surface area contributed by atoms with Crippen LogP contribution in [0.4, 0.5) is 11.4 Å². The largest absolute Gasteiger partial charge is 0.493 e. The summed E-state index contributed by atoms with van der Waals surface area (Å²) in [5.74, 6) is 1.86. The fourth-order valence-corrected chi connectivity index (χ4v) is 3.25. The van der Waals surface area contributed by atoms with Crippen molar-refractivity contribution in [3.63, 3.8) is 0 Å². The standard InChI is InChI=1S/C21H28N2O2/c1-16-8-4-5-9-19(16)24-13-7-6-12-23-15-21(2,3)25-20-14-17(22)10-11-18(20)23/h4-5,8-11,14H,6-7,12-13,15,22H2,1-3H3. The third kappa shape index (κ3) is 4.38. The summed E-state index contributed by atoms with van der Waals surface area (Å²) < 4.78 is 12.0. The van der Waals surface area contributed by atoms with Gasteiger partial charge in [-0.05, 0) is 57.4 Å². The van der Waals surface area contributed by atoms with Crippen molar-refractivity contribution >= 4 is 11.4 Å². The molecule has 0 radical (unpaired) electrons. The Morgan fingerprint density at radius 3 is 2.76 bits per heavy atom. The summed E-state index contributed by atoms with van der Waals surface area (Å²) in [5, 5.41) is 0. The Bertz CT molecular complexity index is 728. The Kier molecular flexibility index (Phi) is 5.07. The number of nitrogens with zero attached hydrogens (tertiary/aromatic N) is 1. The van der Waals surface area contributed by atoms with Crippen molar-refractivity contribution in [2.24, 2.45) is 0 Å². The molecule has 134 valence electrons. The van der Waals surface area contributed by atoms with E-state index in [0.717, 1.165) is 55.4 Å². The molecule has 0 saturated carbocycles. The fraction of sp³-hybridized carbons (Fsp3) is 0.429. The van der Waals surface area contributed by atoms with E-state index in [4.69, 9.17) is 15.2 Å². The lowest BCUT2D eigenvalue weighted by atomic mass is 10.0. The molecule has 0 aliphatic carbocycles. The molecule has 0 spiro atoms. The van der Waals surface area contributed by atoms with Crippen molar-refractivity contribution in [3.8, 4) is 11.5 Å². The average Bonchev–Trinajstić information content (AvgIpc) is 2.54. The van der Waals surface area contributed by atoms with Crippen LogP contribution in [0.15, 0.2) is 42.5 Å². The first-order chi connectivity index (χ1) is 11.9. The molecule has 0 fully saturated rings. The molecule has 0 aromatic heterocycles. The normalized spacial score (nSPS) is 15.4. The second-order valence-corrected chi connectivity index (χ2v) is 7.33. The molecule has 2 aromatic carbocycles. The molecule has 0 amide bonds. The molecule has 4 nitrogen and oxygen atoms in total. The molecular formula is C21H28N2O2. The Hall–Kier alpha value is -2.36. The minimum absolute atomic E-state index is 0.210. The van der Waals surface area contributed by atoms with Crippen LogP contribution in [0.5, 0.6) is 11.5 Å². The summed E-state index contributed by atoms with van der Waals surface area (Å²) in [5.41, 5.74) is 8.75. The lowest BCUT2D eigenvalue weighted by molar-refractivity contribution is 0.105. The number of benzene rings is 2. The Labute approximate surface area is 150 Å². The van der Waals surface area contributed by atoms with Gasteiger partial charge in [0.25, 0.3) is 0 Å². The maximum absolute atomic E-state index is 6.08. The van der Waals surface area contributed by atoms with Crippen LogP contribution in [-0.4, -0.2) is 25.3 Å². The van der Waals surface area contributed by atoms with Crippen LogP contribution in [0.2, 0.25) is 0 Å². The van der Waals surface area contributed by atoms with Gasteiger partial charge in [-0.15, -0.1) is 0 Å². The van der Waals surface area contributed by atoms with Gasteiger partial charge in [0.2, 0.25) is 0 Å². The molecule has 1 aliphatic rings. The number of fused-ring (bicyclic) bond motifs is 1. The van der Waals surface area contributed by atoms with E-state index in [0.29, 0.717) is 0 Å². The zero-order valence-electron chi connectivity index (χ0n) is 15.4. The van der Waals surface area contributed by atoms with E-state index >= 15 is 0 Å². The topological polar surface area (TPSA) is 47.7 Å². The quantitative estimate of drug-likeness (QED) is 0.625. The predicted octanol–water partition coefficient (Wildman–Crippen LogP) is 4.41. The second kappa shape index (κ2) is 7.26. The monoisotopic (exact) mass is 340 g/mol. The average molecular weight is 340 g/mol. The number of unbranched alkanes of at least 4 members (excludes halogenated alkanes) is 1. The summed E-state index contributed by atoms with van der Waals surface area (Å²) in [6, 6.07) is 14.1. The molecule has 4 heteroatoms. The van der Waals surface area contributed by atoms with Crippen LogP contribution < -0.4 is 20.1 Å². The molecule has 0 saturated heterocycles. The molecule has 1 heterocycles. The number of hydrogen-bond acceptors (Lipinski definition) is 4. The third-order valence-corrected chi connectivity index (χ3v) is 4.46. The first kappa shape index (κ1) is 17.5. The highest BCUT2D eigenvalue weighted by atomic mass is 16.5. The van der Waals surface area contributed by atoms with Gasteiger partial charge in [-0.1, -0.05) is 18.2 Å². The van der Waals surface area contributed by atoms with Gasteiger partial charge in [0.05, 0.1) is 18.8 Å². The van der Waals surface area contributed by atoms with E-state index in [2.05, 4.69) is 37.8 Å². The lowest BCUT2D eigenvalue weighted by Gasteiger charge is -2.41. The molecule has 0 atom stereocenters. The fourth-order valence-electron chi connectivity index (χ4n) is 3.25. The van der Waals surface area contributed by atoms with E-state index in [1.54, 1.807) is 0 Å². The van der Waals surface area contributed by atoms with Crippen LogP contribution in [0.3, 0.4) is 0 Å². The van der Waals surface area contributed by atoms with E-state index in [1.165, 1.54) is 5.56 Å². The second-order valence-electron chi connectivity index (χ2n) is 7.33. The van der Waals surface area contributed by atoms with E-state index in [9.17, 15) is 0 Å². The number of nitrogen functional groups attached to an aromatic ring is 1. The highest BCUT2D eigenvalue weighted by Gasteiger charge is 2.31. The van der Waals surface area contributed by atoms with Crippen molar-refractivity contribution < 1.29 is 9.47 Å². The minimum atomic E-state index is -0.210. The number of para-hydroxylation sites is 1. The van der Waals surface area contributed by atoms with Crippen LogP contribution in [0.1, 0.15) is 32.3 Å². The van der Waals surface area contributed by atoms with Gasteiger partial charge >= 0.3 is 0 Å². The molecular weight excluding hydrogens is 312 g/mol. The van der Waals surface area contributed by atoms with E-state index in [1.807, 2.05) is 30.3 Å². The van der Waals surface area contributed by atoms with Gasteiger partial charge < -0.3 is 20.1 Å². The van der Waals surface area contributed by atoms with E-state index < -0.39 is 0 Å². The molecule has 0 bridgehead atoms. The Morgan fingerprint density at radius 1 is 1.16 bits per heavy atom. The zero-order chi connectivity index (χ0) is 17.9. The van der Waals surface area contributed by atoms with Gasteiger partial charge in [-0.25, -0.2) is 0 Å². The summed E-state index contributed by atoms with van der Waals surface area (Å²) >= 11 is 0. The number of anilines is 2. The Morgan fingerprint density at radius 2 is 1.96 bits per heavy atom. The first-order valence-electron chi connectivity index (χ1n) is 8.96. The molecule has 3 rings (SSSR count). The highest BCUT2D eigenvalue weighted by Crippen LogP contribution is 2.38. The van der Waals surface area contributed by atoms with Crippen molar-refractivity contribution in [2.75, 3.05) is 30.3 Å². The third-order valence-electron chi connectivity index (χ3n) is 4.46. The SMILES string of the molecule is Cc1ccccc1OCCCCN1CC(C)(C)Oc2cc(N)ccc21. The number of ether oxygens (including phenoxy) is 2. The van der Waals surface area contributed by atoms with Crippen molar-refractivity contribution in [1.29, 1.82) is 0 Å². The molecule has 2 aromatic rings. The molecule has 0 unspecified atom stereocenters. The zero-order valence-corrected chi connectivity index (χ0v) is 15.4. The minimum Gasteiger partial charge on any atom is -0.493 e. The van der Waals surface area contributed by atoms with Crippen LogP contribution in [0.25, 0.3) is 0 Å². The van der Waals surface area contributed by atoms with Crippen LogP contribution in [0, 0.1) is 6.92 Å². The molecule has 1 aliphatic heterocycles. The predicted molar refractivity (Wildman–Crippen MR) is 104 cm³/mol. The number of rotatable bonds is 6. The van der Waals surface area contributed by atoms with Crippen molar-refractivity contribution in [2.45, 2.75) is 39.2 Å². The lowest BCUT2D eigenvalue weighted by Crippen LogP contribution is -2.47. The number of hydrogen-bond donors (Lipinski definition) is 1. The molecule has 2 N–H and O–H groups in total. The smallest absolute Gasteiger partial charge is 0.145 e. The van der Waals surface area contributed by atoms with Gasteiger partial charge in [-0.3, -0.25) is 0 Å². The number of aryl methyl sites for hydroxylation is 1. The summed E-state index contributed by atoms with van der Waals surface area (Å²) in [6.07, 6.45) is 2.10. The van der Waals surface area contributed by atoms with Gasteiger partial charge in [0.15, 0.2) is 0 Å². The van der Waals surface area contributed by atoms with E-state index in [-0.39, 0.29) is 5.60 Å².